The van der Waals surface area contributed by atoms with Gasteiger partial charge in [0.1, 0.15) is 18.2 Å². The highest BCUT2D eigenvalue weighted by atomic mass is 16.6. The largest absolute Gasteiger partial charge is 0.459 e. The smallest absolute Gasteiger partial charge is 0.326 e. The van der Waals surface area contributed by atoms with Gasteiger partial charge >= 0.3 is 12.0 Å². The Kier molecular flexibility index (Phi) is 8.25. The Morgan fingerprint density at radius 3 is 2.11 bits per heavy atom. The number of nitrogens with zero attached hydrogens (tertiary/aromatic N) is 1. The molecule has 3 aromatic carbocycles. The normalized spacial score (nSPS) is 11.8. The van der Waals surface area contributed by atoms with Crippen LogP contribution in [0.15, 0.2) is 84.9 Å². The molecule has 3 amide bonds. The number of carbonyl (C=O) groups excluding carboxylic acids is 3. The highest BCUT2D eigenvalue weighted by Gasteiger charge is 2.31. The molecule has 0 saturated heterocycles. The summed E-state index contributed by atoms with van der Waals surface area (Å²) >= 11 is 0. The summed E-state index contributed by atoms with van der Waals surface area (Å²) < 4.78 is 5.46. The third-order valence-corrected chi connectivity index (χ3v) is 4.97. The van der Waals surface area contributed by atoms with Crippen molar-refractivity contribution in [2.75, 3.05) is 16.8 Å². The van der Waals surface area contributed by atoms with Gasteiger partial charge in [-0.15, -0.1) is 0 Å². The Balaban J connectivity index is 1.90. The summed E-state index contributed by atoms with van der Waals surface area (Å²) in [6, 6.07) is 23.5. The number of aryl methyl sites for hydroxylation is 1. The minimum absolute atomic E-state index is 0.301. The third-order valence-electron chi connectivity index (χ3n) is 4.97. The van der Waals surface area contributed by atoms with Crippen molar-refractivity contribution in [3.8, 4) is 0 Å². The van der Waals surface area contributed by atoms with Crippen LogP contribution in [0.3, 0.4) is 0 Å². The number of benzene rings is 3. The minimum Gasteiger partial charge on any atom is -0.459 e. The Hall–Kier alpha value is -4.13. The van der Waals surface area contributed by atoms with E-state index in [2.05, 4.69) is 10.6 Å². The maximum absolute atomic E-state index is 13.9. The molecule has 0 saturated carbocycles. The minimum atomic E-state index is -1.04. The van der Waals surface area contributed by atoms with Crippen molar-refractivity contribution in [3.05, 3.63) is 96.1 Å². The fraction of sp³-hybridized carbons (Fsp3) is 0.250. The van der Waals surface area contributed by atoms with Crippen LogP contribution in [0.25, 0.3) is 0 Å². The van der Waals surface area contributed by atoms with Gasteiger partial charge in [0.2, 0.25) is 0 Å². The average molecular weight is 474 g/mol. The number of hydrogen-bond donors (Lipinski definition) is 2. The molecule has 0 fully saturated rings. The van der Waals surface area contributed by atoms with Gasteiger partial charge < -0.3 is 15.4 Å². The summed E-state index contributed by atoms with van der Waals surface area (Å²) in [7, 11) is 0. The first kappa shape index (κ1) is 25.5. The number of hydrogen-bond acceptors (Lipinski definition) is 4. The lowest BCUT2D eigenvalue weighted by atomic mass is 10.0. The van der Waals surface area contributed by atoms with E-state index in [9.17, 15) is 14.4 Å². The number of carbonyl (C=O) groups is 3. The zero-order valence-electron chi connectivity index (χ0n) is 20.4. The van der Waals surface area contributed by atoms with Crippen LogP contribution in [0.2, 0.25) is 0 Å². The van der Waals surface area contributed by atoms with Crippen LogP contribution in [0.5, 0.6) is 0 Å². The second-order valence-corrected chi connectivity index (χ2v) is 9.16. The zero-order chi connectivity index (χ0) is 25.4. The Morgan fingerprint density at radius 2 is 1.51 bits per heavy atom. The predicted octanol–water partition coefficient (Wildman–Crippen LogP) is 5.23. The first-order valence-electron chi connectivity index (χ1n) is 11.4. The number of ether oxygens (including phenoxy) is 1. The topological polar surface area (TPSA) is 87.7 Å². The number of amides is 3. The van der Waals surface area contributed by atoms with E-state index in [1.54, 1.807) is 75.4 Å². The summed E-state index contributed by atoms with van der Waals surface area (Å²) in [6.07, 6.45) is 0. The highest BCUT2D eigenvalue weighted by Crippen LogP contribution is 2.22. The molecule has 0 spiro atoms. The number of esters is 1. The average Bonchev–Trinajstić information content (AvgIpc) is 2.80. The summed E-state index contributed by atoms with van der Waals surface area (Å²) in [5.74, 6) is -1.02. The molecule has 7 heteroatoms. The van der Waals surface area contributed by atoms with Gasteiger partial charge in [-0.3, -0.25) is 14.5 Å². The van der Waals surface area contributed by atoms with Crippen molar-refractivity contribution in [1.29, 1.82) is 0 Å². The standard InChI is InChI=1S/C28H31N3O4/c1-20-12-11-15-22(18-20)29-27(34)30-25(21-13-7-5-8-14-21)26(33)31(23-16-9-6-10-17-23)19-24(32)35-28(2,3)4/h5-18,25H,19H2,1-4H3,(H2,29,30,34). The lowest BCUT2D eigenvalue weighted by molar-refractivity contribution is -0.153. The molecule has 0 bridgehead atoms. The predicted molar refractivity (Wildman–Crippen MR) is 137 cm³/mol. The van der Waals surface area contributed by atoms with Crippen LogP contribution in [0.4, 0.5) is 16.2 Å². The molecule has 182 valence electrons. The molecule has 0 heterocycles. The maximum atomic E-state index is 13.9. The molecule has 7 nitrogen and oxygen atoms in total. The number of para-hydroxylation sites is 1. The van der Waals surface area contributed by atoms with Crippen molar-refractivity contribution in [2.45, 2.75) is 39.3 Å². The Labute approximate surface area is 206 Å². The van der Waals surface area contributed by atoms with Crippen LogP contribution in [-0.4, -0.2) is 30.1 Å². The molecule has 0 aliphatic carbocycles. The summed E-state index contributed by atoms with van der Waals surface area (Å²) in [5, 5.41) is 5.56. The number of rotatable bonds is 7. The van der Waals surface area contributed by atoms with E-state index in [-0.39, 0.29) is 6.54 Å². The Morgan fingerprint density at radius 1 is 0.886 bits per heavy atom. The molecule has 1 unspecified atom stereocenters. The summed E-state index contributed by atoms with van der Waals surface area (Å²) in [5.41, 5.74) is 2.00. The number of urea groups is 1. The van der Waals surface area contributed by atoms with Gasteiger partial charge in [0.25, 0.3) is 5.91 Å². The maximum Gasteiger partial charge on any atom is 0.326 e. The monoisotopic (exact) mass is 473 g/mol. The van der Waals surface area contributed by atoms with E-state index < -0.39 is 29.6 Å². The second-order valence-electron chi connectivity index (χ2n) is 9.16. The third kappa shape index (κ3) is 7.71. The molecule has 3 aromatic rings. The van der Waals surface area contributed by atoms with E-state index in [1.165, 1.54) is 4.90 Å². The van der Waals surface area contributed by atoms with Crippen LogP contribution in [0, 0.1) is 6.92 Å². The Bertz CT molecular complexity index is 1160. The van der Waals surface area contributed by atoms with Crippen molar-refractivity contribution in [2.24, 2.45) is 0 Å². The quantitative estimate of drug-likeness (QED) is 0.460. The molecule has 1 atom stereocenters. The van der Waals surface area contributed by atoms with Crippen LogP contribution < -0.4 is 15.5 Å². The van der Waals surface area contributed by atoms with E-state index >= 15 is 0 Å². The van der Waals surface area contributed by atoms with E-state index in [4.69, 9.17) is 4.74 Å². The fourth-order valence-electron chi connectivity index (χ4n) is 3.52. The van der Waals surface area contributed by atoms with Crippen molar-refractivity contribution >= 4 is 29.3 Å². The molecule has 0 aromatic heterocycles. The molecule has 3 rings (SSSR count). The molecule has 0 aliphatic heterocycles. The number of anilines is 2. The second kappa shape index (κ2) is 11.3. The molecule has 0 radical (unpaired) electrons. The molecular weight excluding hydrogens is 442 g/mol. The van der Waals surface area contributed by atoms with Gasteiger partial charge in [-0.2, -0.15) is 0 Å². The lowest BCUT2D eigenvalue weighted by Gasteiger charge is -2.29. The zero-order valence-corrected chi connectivity index (χ0v) is 20.4. The van der Waals surface area contributed by atoms with Gasteiger partial charge in [-0.05, 0) is 63.1 Å². The van der Waals surface area contributed by atoms with Crippen LogP contribution in [-0.2, 0) is 14.3 Å². The molecule has 35 heavy (non-hydrogen) atoms. The van der Waals surface area contributed by atoms with Gasteiger partial charge in [0, 0.05) is 11.4 Å². The molecule has 0 aliphatic rings. The molecular formula is C28H31N3O4. The SMILES string of the molecule is Cc1cccc(NC(=O)NC(C(=O)N(CC(=O)OC(C)(C)C)c2ccccc2)c2ccccc2)c1. The lowest BCUT2D eigenvalue weighted by Crippen LogP contribution is -2.47. The van der Waals surface area contributed by atoms with Crippen molar-refractivity contribution in [3.63, 3.8) is 0 Å². The van der Waals surface area contributed by atoms with Crippen LogP contribution in [0.1, 0.15) is 37.9 Å². The summed E-state index contributed by atoms with van der Waals surface area (Å²) in [4.78, 5) is 40.8. The van der Waals surface area contributed by atoms with Crippen molar-refractivity contribution < 1.29 is 19.1 Å². The molecule has 2 N–H and O–H groups in total. The first-order valence-corrected chi connectivity index (χ1v) is 11.4. The fourth-order valence-corrected chi connectivity index (χ4v) is 3.52. The van der Waals surface area contributed by atoms with Gasteiger partial charge in [0.15, 0.2) is 0 Å². The van der Waals surface area contributed by atoms with Crippen molar-refractivity contribution in [1.82, 2.24) is 5.32 Å². The van der Waals surface area contributed by atoms with Gasteiger partial charge in [-0.1, -0.05) is 60.7 Å². The van der Waals surface area contributed by atoms with Gasteiger partial charge in [0.05, 0.1) is 0 Å². The van der Waals surface area contributed by atoms with E-state index in [0.29, 0.717) is 16.9 Å². The van der Waals surface area contributed by atoms with E-state index in [1.807, 2.05) is 37.3 Å². The first-order chi connectivity index (χ1) is 16.6. The van der Waals surface area contributed by atoms with E-state index in [0.717, 1.165) is 5.56 Å². The highest BCUT2D eigenvalue weighted by molar-refractivity contribution is 6.03. The summed E-state index contributed by atoms with van der Waals surface area (Å²) in [6.45, 7) is 6.93. The number of nitrogens with one attached hydrogen (secondary N) is 2. The van der Waals surface area contributed by atoms with Crippen LogP contribution >= 0.6 is 0 Å². The van der Waals surface area contributed by atoms with Gasteiger partial charge in [-0.25, -0.2) is 4.79 Å².